The Hall–Kier alpha value is -1.69. The van der Waals surface area contributed by atoms with E-state index in [0.29, 0.717) is 18.4 Å². The van der Waals surface area contributed by atoms with E-state index in [4.69, 9.17) is 4.74 Å². The van der Waals surface area contributed by atoms with E-state index in [2.05, 4.69) is 20.2 Å². The third-order valence-electron chi connectivity index (χ3n) is 4.76. The van der Waals surface area contributed by atoms with Gasteiger partial charge in [-0.15, -0.1) is 0 Å². The zero-order chi connectivity index (χ0) is 16.1. The van der Waals surface area contributed by atoms with Crippen LogP contribution in [0.15, 0.2) is 12.3 Å². The Kier molecular flexibility index (Phi) is 5.43. The molecule has 126 valence electrons. The standard InChI is InChI=1S/C17H26N4O2/c1-13-18-7-2-16(19-13)21-8-3-14(4-9-21)12-17(22)20-15-5-10-23-11-6-15/h2,7,14-15H,3-6,8-12H2,1H3,(H,20,22). The Morgan fingerprint density at radius 1 is 1.30 bits per heavy atom. The number of ether oxygens (including phenoxy) is 1. The first kappa shape index (κ1) is 16.2. The number of amides is 1. The molecule has 1 aromatic heterocycles. The Labute approximate surface area is 137 Å². The van der Waals surface area contributed by atoms with Crippen molar-refractivity contribution in [2.45, 2.75) is 45.1 Å². The average molecular weight is 318 g/mol. The maximum atomic E-state index is 12.2. The minimum Gasteiger partial charge on any atom is -0.381 e. The number of carbonyl (C=O) groups is 1. The van der Waals surface area contributed by atoms with Gasteiger partial charge in [-0.1, -0.05) is 0 Å². The van der Waals surface area contributed by atoms with Crippen molar-refractivity contribution in [3.8, 4) is 0 Å². The summed E-state index contributed by atoms with van der Waals surface area (Å²) in [6.07, 6.45) is 6.43. The third kappa shape index (κ3) is 4.64. The fraction of sp³-hybridized carbons (Fsp3) is 0.706. The van der Waals surface area contributed by atoms with Crippen LogP contribution in [0.3, 0.4) is 0 Å². The van der Waals surface area contributed by atoms with Crippen molar-refractivity contribution in [3.63, 3.8) is 0 Å². The van der Waals surface area contributed by atoms with Crippen LogP contribution in [0, 0.1) is 12.8 Å². The summed E-state index contributed by atoms with van der Waals surface area (Å²) in [7, 11) is 0. The number of nitrogens with one attached hydrogen (secondary N) is 1. The number of carbonyl (C=O) groups excluding carboxylic acids is 1. The molecule has 6 nitrogen and oxygen atoms in total. The second-order valence-electron chi connectivity index (χ2n) is 6.55. The lowest BCUT2D eigenvalue weighted by molar-refractivity contribution is -0.123. The van der Waals surface area contributed by atoms with Crippen molar-refractivity contribution >= 4 is 11.7 Å². The molecule has 0 aromatic carbocycles. The molecule has 6 heteroatoms. The van der Waals surface area contributed by atoms with E-state index in [1.165, 1.54) is 0 Å². The molecule has 1 N–H and O–H groups in total. The zero-order valence-corrected chi connectivity index (χ0v) is 13.8. The number of hydrogen-bond acceptors (Lipinski definition) is 5. The van der Waals surface area contributed by atoms with Gasteiger partial charge in [0.2, 0.25) is 5.91 Å². The highest BCUT2D eigenvalue weighted by molar-refractivity contribution is 5.76. The lowest BCUT2D eigenvalue weighted by Gasteiger charge is -2.33. The summed E-state index contributed by atoms with van der Waals surface area (Å²) in [4.78, 5) is 23.1. The molecule has 0 spiro atoms. The molecule has 0 atom stereocenters. The second-order valence-corrected chi connectivity index (χ2v) is 6.55. The lowest BCUT2D eigenvalue weighted by atomic mass is 9.93. The quantitative estimate of drug-likeness (QED) is 0.915. The third-order valence-corrected chi connectivity index (χ3v) is 4.76. The van der Waals surface area contributed by atoms with Crippen LogP contribution in [0.4, 0.5) is 5.82 Å². The summed E-state index contributed by atoms with van der Waals surface area (Å²) < 4.78 is 5.33. The van der Waals surface area contributed by atoms with Crippen molar-refractivity contribution < 1.29 is 9.53 Å². The molecule has 0 aliphatic carbocycles. The molecule has 1 amide bonds. The monoisotopic (exact) mass is 318 g/mol. The van der Waals surface area contributed by atoms with Gasteiger partial charge in [-0.25, -0.2) is 9.97 Å². The lowest BCUT2D eigenvalue weighted by Crippen LogP contribution is -2.41. The van der Waals surface area contributed by atoms with Crippen molar-refractivity contribution in [1.82, 2.24) is 15.3 Å². The molecule has 23 heavy (non-hydrogen) atoms. The SMILES string of the molecule is Cc1nccc(N2CCC(CC(=O)NC3CCOCC3)CC2)n1. The van der Waals surface area contributed by atoms with Gasteiger partial charge in [0.05, 0.1) is 0 Å². The summed E-state index contributed by atoms with van der Waals surface area (Å²) in [5.74, 6) is 2.49. The van der Waals surface area contributed by atoms with Crippen LogP contribution in [-0.4, -0.2) is 48.2 Å². The van der Waals surface area contributed by atoms with E-state index in [1.807, 2.05) is 19.2 Å². The van der Waals surface area contributed by atoms with Crippen LogP contribution in [0.5, 0.6) is 0 Å². The minimum atomic E-state index is 0.202. The molecule has 2 aliphatic heterocycles. The van der Waals surface area contributed by atoms with Crippen LogP contribution < -0.4 is 10.2 Å². The van der Waals surface area contributed by atoms with Crippen LogP contribution in [0.1, 0.15) is 37.9 Å². The number of piperidine rings is 1. The highest BCUT2D eigenvalue weighted by Crippen LogP contribution is 2.24. The summed E-state index contributed by atoms with van der Waals surface area (Å²) in [6.45, 7) is 5.37. The van der Waals surface area contributed by atoms with Gasteiger partial charge in [0.1, 0.15) is 11.6 Å². The van der Waals surface area contributed by atoms with Crippen molar-refractivity contribution in [2.75, 3.05) is 31.2 Å². The molecule has 0 saturated carbocycles. The summed E-state index contributed by atoms with van der Waals surface area (Å²) >= 11 is 0. The summed E-state index contributed by atoms with van der Waals surface area (Å²) in [5.41, 5.74) is 0. The number of aryl methyl sites for hydroxylation is 1. The van der Waals surface area contributed by atoms with E-state index < -0.39 is 0 Å². The van der Waals surface area contributed by atoms with Crippen LogP contribution >= 0.6 is 0 Å². The zero-order valence-electron chi connectivity index (χ0n) is 13.8. The van der Waals surface area contributed by atoms with Crippen LogP contribution in [0.25, 0.3) is 0 Å². The Balaban J connectivity index is 1.42. The maximum absolute atomic E-state index is 12.2. The first-order chi connectivity index (χ1) is 11.2. The number of rotatable bonds is 4. The average Bonchev–Trinajstić information content (AvgIpc) is 2.56. The van der Waals surface area contributed by atoms with Gasteiger partial charge >= 0.3 is 0 Å². The predicted octanol–water partition coefficient (Wildman–Crippen LogP) is 1.69. The van der Waals surface area contributed by atoms with Gasteiger partial charge in [0, 0.05) is 45.0 Å². The largest absolute Gasteiger partial charge is 0.381 e. The first-order valence-corrected chi connectivity index (χ1v) is 8.62. The van der Waals surface area contributed by atoms with Gasteiger partial charge in [0.25, 0.3) is 0 Å². The molecular weight excluding hydrogens is 292 g/mol. The number of anilines is 1. The van der Waals surface area contributed by atoms with Crippen molar-refractivity contribution in [2.24, 2.45) is 5.92 Å². The summed E-state index contributed by atoms with van der Waals surface area (Å²) in [5, 5.41) is 3.16. The molecule has 0 bridgehead atoms. The van der Waals surface area contributed by atoms with Crippen molar-refractivity contribution in [1.29, 1.82) is 0 Å². The highest BCUT2D eigenvalue weighted by Gasteiger charge is 2.24. The highest BCUT2D eigenvalue weighted by atomic mass is 16.5. The predicted molar refractivity (Wildman–Crippen MR) is 88.3 cm³/mol. The van der Waals surface area contributed by atoms with Crippen LogP contribution in [-0.2, 0) is 9.53 Å². The van der Waals surface area contributed by atoms with Crippen molar-refractivity contribution in [3.05, 3.63) is 18.1 Å². The van der Waals surface area contributed by atoms with Gasteiger partial charge in [-0.05, 0) is 44.6 Å². The topological polar surface area (TPSA) is 67.4 Å². The number of nitrogens with zero attached hydrogens (tertiary/aromatic N) is 3. The van der Waals surface area contributed by atoms with Gasteiger partial charge in [-0.2, -0.15) is 0 Å². The molecular formula is C17H26N4O2. The molecule has 2 fully saturated rings. The molecule has 2 saturated heterocycles. The second kappa shape index (κ2) is 7.73. The smallest absolute Gasteiger partial charge is 0.220 e. The normalized spacial score (nSPS) is 20.5. The number of hydrogen-bond donors (Lipinski definition) is 1. The minimum absolute atomic E-state index is 0.202. The fourth-order valence-corrected chi connectivity index (χ4v) is 3.38. The van der Waals surface area contributed by atoms with E-state index in [-0.39, 0.29) is 5.91 Å². The molecule has 0 radical (unpaired) electrons. The van der Waals surface area contributed by atoms with Gasteiger partial charge in [0.15, 0.2) is 0 Å². The van der Waals surface area contributed by atoms with Gasteiger partial charge < -0.3 is 15.0 Å². The molecule has 3 heterocycles. The first-order valence-electron chi connectivity index (χ1n) is 8.62. The van der Waals surface area contributed by atoms with E-state index in [9.17, 15) is 4.79 Å². The fourth-order valence-electron chi connectivity index (χ4n) is 3.38. The van der Waals surface area contributed by atoms with E-state index >= 15 is 0 Å². The van der Waals surface area contributed by atoms with E-state index in [0.717, 1.165) is 63.6 Å². The molecule has 3 rings (SSSR count). The summed E-state index contributed by atoms with van der Waals surface area (Å²) in [6, 6.07) is 2.27. The Morgan fingerprint density at radius 2 is 2.04 bits per heavy atom. The Morgan fingerprint density at radius 3 is 2.74 bits per heavy atom. The molecule has 2 aliphatic rings. The molecule has 0 unspecified atom stereocenters. The maximum Gasteiger partial charge on any atom is 0.220 e. The number of aromatic nitrogens is 2. The molecule has 1 aromatic rings. The van der Waals surface area contributed by atoms with Gasteiger partial charge in [-0.3, -0.25) is 4.79 Å². The van der Waals surface area contributed by atoms with E-state index in [1.54, 1.807) is 0 Å². The Bertz CT molecular complexity index is 523. The van der Waals surface area contributed by atoms with Crippen LogP contribution in [0.2, 0.25) is 0 Å².